The van der Waals surface area contributed by atoms with Crippen molar-refractivity contribution in [2.75, 3.05) is 5.84 Å². The predicted molar refractivity (Wildman–Crippen MR) is 111 cm³/mol. The number of carbonyl (C=O) groups is 1. The molecular weight excluding hydrogens is 389 g/mol. The summed E-state index contributed by atoms with van der Waals surface area (Å²) in [5.41, 5.74) is 2.75. The van der Waals surface area contributed by atoms with Crippen LogP contribution in [0.4, 0.5) is 4.39 Å². The van der Waals surface area contributed by atoms with Crippen molar-refractivity contribution in [2.45, 2.75) is 42.6 Å². The zero-order chi connectivity index (χ0) is 20.4. The highest BCUT2D eigenvalue weighted by Crippen LogP contribution is 2.31. The van der Waals surface area contributed by atoms with E-state index in [9.17, 15) is 9.18 Å². The number of nitrogens with one attached hydrogen (secondary N) is 1. The molecule has 8 heteroatoms. The summed E-state index contributed by atoms with van der Waals surface area (Å²) >= 11 is 1.20. The second-order valence-corrected chi connectivity index (χ2v) is 8.38. The van der Waals surface area contributed by atoms with Crippen molar-refractivity contribution in [1.29, 1.82) is 0 Å². The van der Waals surface area contributed by atoms with Crippen LogP contribution in [0.15, 0.2) is 53.7 Å². The molecule has 2 aromatic carbocycles. The highest BCUT2D eigenvalue weighted by molar-refractivity contribution is 8.00. The summed E-state index contributed by atoms with van der Waals surface area (Å²) in [5.74, 6) is 5.78. The van der Waals surface area contributed by atoms with Gasteiger partial charge in [0, 0.05) is 0 Å². The van der Waals surface area contributed by atoms with E-state index < -0.39 is 11.1 Å². The van der Waals surface area contributed by atoms with Crippen LogP contribution < -0.4 is 11.2 Å². The monoisotopic (exact) mass is 411 g/mol. The Balaban J connectivity index is 1.46. The maximum atomic E-state index is 14.0. The molecule has 0 saturated carbocycles. The zero-order valence-electron chi connectivity index (χ0n) is 16.0. The van der Waals surface area contributed by atoms with E-state index in [2.05, 4.69) is 27.6 Å². The van der Waals surface area contributed by atoms with Gasteiger partial charge in [0.25, 0.3) is 0 Å². The summed E-state index contributed by atoms with van der Waals surface area (Å²) in [6.07, 6.45) is 3.01. The van der Waals surface area contributed by atoms with Gasteiger partial charge in [-0.25, -0.2) is 9.07 Å². The molecule has 0 saturated heterocycles. The fourth-order valence-electron chi connectivity index (χ4n) is 3.59. The van der Waals surface area contributed by atoms with E-state index in [0.29, 0.717) is 5.16 Å². The maximum absolute atomic E-state index is 14.0. The van der Waals surface area contributed by atoms with Crippen LogP contribution in [0, 0.1) is 5.82 Å². The minimum Gasteiger partial charge on any atom is -0.348 e. The molecule has 0 spiro atoms. The smallest absolute Gasteiger partial charge is 0.233 e. The molecule has 6 nitrogen and oxygen atoms in total. The molecule has 1 aliphatic carbocycles. The van der Waals surface area contributed by atoms with Gasteiger partial charge in [-0.05, 0) is 49.4 Å². The number of halogens is 1. The van der Waals surface area contributed by atoms with Gasteiger partial charge >= 0.3 is 0 Å². The topological polar surface area (TPSA) is 85.8 Å². The number of benzene rings is 2. The van der Waals surface area contributed by atoms with E-state index in [4.69, 9.17) is 5.84 Å². The van der Waals surface area contributed by atoms with Gasteiger partial charge in [-0.2, -0.15) is 0 Å². The summed E-state index contributed by atoms with van der Waals surface area (Å²) < 4.78 is 15.3. The Kier molecular flexibility index (Phi) is 5.53. The SMILES string of the molecule is C[C@H](Sc1nnc(-c2ccccc2F)n1N)C(=O)N[C@H]1CCCc2ccccc21. The number of nitrogen functional groups attached to an aromatic ring is 1. The summed E-state index contributed by atoms with van der Waals surface area (Å²) in [6.45, 7) is 1.80. The summed E-state index contributed by atoms with van der Waals surface area (Å²) in [5, 5.41) is 11.1. The van der Waals surface area contributed by atoms with Gasteiger partial charge in [0.1, 0.15) is 5.82 Å². The third-order valence-corrected chi connectivity index (χ3v) is 6.17. The fourth-order valence-corrected chi connectivity index (χ4v) is 4.37. The number of hydrogen-bond acceptors (Lipinski definition) is 5. The number of carbonyl (C=O) groups excluding carboxylic acids is 1. The number of nitrogens with zero attached hydrogens (tertiary/aromatic N) is 3. The first-order chi connectivity index (χ1) is 14.0. The first-order valence-electron chi connectivity index (χ1n) is 9.55. The third kappa shape index (κ3) is 3.98. The number of rotatable bonds is 5. The van der Waals surface area contributed by atoms with Crippen LogP contribution in [0.3, 0.4) is 0 Å². The van der Waals surface area contributed by atoms with E-state index >= 15 is 0 Å². The first-order valence-corrected chi connectivity index (χ1v) is 10.4. The van der Waals surface area contributed by atoms with E-state index in [-0.39, 0.29) is 23.3 Å². The molecule has 1 aromatic heterocycles. The first kappa shape index (κ1) is 19.4. The zero-order valence-corrected chi connectivity index (χ0v) is 16.8. The molecule has 1 aliphatic rings. The maximum Gasteiger partial charge on any atom is 0.233 e. The summed E-state index contributed by atoms with van der Waals surface area (Å²) in [4.78, 5) is 12.8. The fraction of sp³-hybridized carbons (Fsp3) is 0.286. The Bertz CT molecular complexity index is 1040. The lowest BCUT2D eigenvalue weighted by atomic mass is 9.88. The van der Waals surface area contributed by atoms with Gasteiger partial charge in [-0.3, -0.25) is 4.79 Å². The van der Waals surface area contributed by atoms with Crippen LogP contribution in [0.25, 0.3) is 11.4 Å². The normalized spacial score (nSPS) is 16.8. The second-order valence-electron chi connectivity index (χ2n) is 7.07. The lowest BCUT2D eigenvalue weighted by Crippen LogP contribution is -2.36. The van der Waals surface area contributed by atoms with Crippen LogP contribution in [-0.2, 0) is 11.2 Å². The molecule has 150 valence electrons. The number of aryl methyl sites for hydroxylation is 1. The Hall–Kier alpha value is -2.87. The van der Waals surface area contributed by atoms with E-state index in [1.807, 2.05) is 12.1 Å². The second kappa shape index (κ2) is 8.24. The molecule has 29 heavy (non-hydrogen) atoms. The van der Waals surface area contributed by atoms with E-state index in [1.165, 1.54) is 33.6 Å². The molecule has 1 amide bonds. The molecule has 0 bridgehead atoms. The number of amides is 1. The van der Waals surface area contributed by atoms with Gasteiger partial charge in [0.2, 0.25) is 11.1 Å². The van der Waals surface area contributed by atoms with E-state index in [1.54, 1.807) is 25.1 Å². The van der Waals surface area contributed by atoms with Crippen molar-refractivity contribution in [1.82, 2.24) is 20.2 Å². The number of nitrogens with two attached hydrogens (primary N) is 1. The molecular formula is C21H22FN5OS. The van der Waals surface area contributed by atoms with Crippen molar-refractivity contribution >= 4 is 17.7 Å². The average Bonchev–Trinajstić information content (AvgIpc) is 3.08. The van der Waals surface area contributed by atoms with Gasteiger partial charge in [0.05, 0.1) is 16.9 Å². The molecule has 0 radical (unpaired) electrons. The van der Waals surface area contributed by atoms with E-state index in [0.717, 1.165) is 19.3 Å². The quantitative estimate of drug-likeness (QED) is 0.496. The number of thioether (sulfide) groups is 1. The van der Waals surface area contributed by atoms with Gasteiger partial charge in [-0.1, -0.05) is 48.2 Å². The van der Waals surface area contributed by atoms with Crippen molar-refractivity contribution in [2.24, 2.45) is 0 Å². The Morgan fingerprint density at radius 2 is 2.00 bits per heavy atom. The Labute approximate surface area is 172 Å². The Morgan fingerprint density at radius 1 is 1.24 bits per heavy atom. The van der Waals surface area contributed by atoms with Crippen LogP contribution >= 0.6 is 11.8 Å². The molecule has 3 aromatic rings. The molecule has 0 aliphatic heterocycles. The molecule has 4 rings (SSSR count). The minimum absolute atomic E-state index is 0.0141. The molecule has 0 unspecified atom stereocenters. The molecule has 2 atom stereocenters. The van der Waals surface area contributed by atoms with Gasteiger partial charge in [-0.15, -0.1) is 10.2 Å². The number of fused-ring (bicyclic) bond motifs is 1. The highest BCUT2D eigenvalue weighted by atomic mass is 32.2. The third-order valence-electron chi connectivity index (χ3n) is 5.12. The average molecular weight is 412 g/mol. The lowest BCUT2D eigenvalue weighted by Gasteiger charge is -2.27. The molecule has 1 heterocycles. The highest BCUT2D eigenvalue weighted by Gasteiger charge is 2.25. The van der Waals surface area contributed by atoms with Crippen LogP contribution in [0.2, 0.25) is 0 Å². The minimum atomic E-state index is -0.427. The van der Waals surface area contributed by atoms with Crippen LogP contribution in [-0.4, -0.2) is 26.0 Å². The van der Waals surface area contributed by atoms with Gasteiger partial charge in [0.15, 0.2) is 5.82 Å². The van der Waals surface area contributed by atoms with Crippen molar-refractivity contribution in [3.05, 3.63) is 65.5 Å². The number of aromatic nitrogens is 3. The van der Waals surface area contributed by atoms with Crippen molar-refractivity contribution in [3.63, 3.8) is 0 Å². The molecule has 3 N–H and O–H groups in total. The lowest BCUT2D eigenvalue weighted by molar-refractivity contribution is -0.121. The number of hydrogen-bond donors (Lipinski definition) is 2. The summed E-state index contributed by atoms with van der Waals surface area (Å²) in [7, 11) is 0. The Morgan fingerprint density at radius 3 is 2.83 bits per heavy atom. The van der Waals surface area contributed by atoms with Crippen molar-refractivity contribution < 1.29 is 9.18 Å². The van der Waals surface area contributed by atoms with Crippen LogP contribution in [0.1, 0.15) is 36.9 Å². The predicted octanol–water partition coefficient (Wildman–Crippen LogP) is 3.47. The van der Waals surface area contributed by atoms with Gasteiger partial charge < -0.3 is 11.2 Å². The summed E-state index contributed by atoms with van der Waals surface area (Å²) in [6, 6.07) is 14.5. The van der Waals surface area contributed by atoms with Crippen LogP contribution in [0.5, 0.6) is 0 Å². The standard InChI is InChI=1S/C21H22FN5OS/c1-13(20(28)24-18-12-6-8-14-7-2-3-9-15(14)18)29-21-26-25-19(27(21)23)16-10-4-5-11-17(16)22/h2-5,7,9-11,13,18H,6,8,12,23H2,1H3,(H,24,28)/t13-,18-/m0/s1. The largest absolute Gasteiger partial charge is 0.348 e. The van der Waals surface area contributed by atoms with Crippen molar-refractivity contribution in [3.8, 4) is 11.4 Å². The molecule has 0 fully saturated rings.